The molecule has 1 saturated heterocycles. The van der Waals surface area contributed by atoms with Gasteiger partial charge in [0.1, 0.15) is 0 Å². The van der Waals surface area contributed by atoms with Gasteiger partial charge in [0.15, 0.2) is 0 Å². The maximum Gasteiger partial charge on any atom is 0.237 e. The van der Waals surface area contributed by atoms with Gasteiger partial charge in [0.2, 0.25) is 5.91 Å². The van der Waals surface area contributed by atoms with E-state index < -0.39 is 0 Å². The van der Waals surface area contributed by atoms with Crippen LogP contribution in [-0.2, 0) is 4.79 Å². The highest BCUT2D eigenvalue weighted by atomic mass is 16.2. The van der Waals surface area contributed by atoms with E-state index >= 15 is 0 Å². The summed E-state index contributed by atoms with van der Waals surface area (Å²) in [6, 6.07) is 0.0440. The van der Waals surface area contributed by atoms with Gasteiger partial charge in [-0.1, -0.05) is 13.8 Å². The number of carbonyl (C=O) groups excluding carboxylic acids is 1. The van der Waals surface area contributed by atoms with Crippen molar-refractivity contribution in [1.82, 2.24) is 10.6 Å². The average Bonchev–Trinajstić information content (AvgIpc) is 2.33. The first-order valence-electron chi connectivity index (χ1n) is 4.79. The van der Waals surface area contributed by atoms with Gasteiger partial charge < -0.3 is 10.6 Å². The molecule has 3 nitrogen and oxygen atoms in total. The number of likely N-dealkylation sites (N-methyl/N-ethyl adjacent to an activating group) is 1. The summed E-state index contributed by atoms with van der Waals surface area (Å²) in [6.45, 7) is 4.84. The zero-order chi connectivity index (χ0) is 9.40. The predicted octanol–water partition coefficient (Wildman–Crippen LogP) is 0.901. The maximum absolute atomic E-state index is 11.1. The van der Waals surface area contributed by atoms with Crippen LogP contribution in [-0.4, -0.2) is 25.5 Å². The Morgan fingerprint density at radius 2 is 2.08 bits per heavy atom. The van der Waals surface area contributed by atoms with Crippen LogP contribution >= 0.6 is 0 Å². The molecule has 1 atom stereocenters. The first-order valence-corrected chi connectivity index (χ1v) is 4.79. The molecule has 0 bridgehead atoms. The number of carbonyl (C=O) groups is 1. The van der Waals surface area contributed by atoms with Gasteiger partial charge in [-0.15, -0.1) is 0 Å². The third kappa shape index (κ3) is 3.72. The van der Waals surface area contributed by atoms with Crippen LogP contribution in [0.5, 0.6) is 0 Å². The van der Waals surface area contributed by atoms with E-state index in [1.165, 1.54) is 0 Å². The minimum Gasteiger partial charge on any atom is -0.355 e. The van der Waals surface area contributed by atoms with Gasteiger partial charge in [-0.2, -0.15) is 0 Å². The van der Waals surface area contributed by atoms with Crippen LogP contribution in [0.4, 0.5) is 0 Å². The van der Waals surface area contributed by atoms with E-state index in [1.54, 1.807) is 0 Å². The summed E-state index contributed by atoms with van der Waals surface area (Å²) in [4.78, 5) is 11.1. The highest BCUT2D eigenvalue weighted by molar-refractivity contribution is 5.81. The lowest BCUT2D eigenvalue weighted by Crippen LogP contribution is -2.40. The molecule has 1 fully saturated rings. The summed E-state index contributed by atoms with van der Waals surface area (Å²) >= 11 is 0. The molecule has 0 aromatic carbocycles. The third-order valence-corrected chi connectivity index (χ3v) is 1.88. The van der Waals surface area contributed by atoms with Crippen LogP contribution in [0.15, 0.2) is 0 Å². The molecule has 0 aromatic heterocycles. The van der Waals surface area contributed by atoms with Crippen molar-refractivity contribution in [3.63, 3.8) is 0 Å². The molecule has 0 saturated carbocycles. The van der Waals surface area contributed by atoms with Crippen molar-refractivity contribution in [1.29, 1.82) is 0 Å². The summed E-state index contributed by atoms with van der Waals surface area (Å²) in [5, 5.41) is 5.83. The molecule has 1 heterocycles. The number of hydrogen-bond acceptors (Lipinski definition) is 2. The molecule has 0 radical (unpaired) electrons. The quantitative estimate of drug-likeness (QED) is 0.617. The van der Waals surface area contributed by atoms with E-state index in [2.05, 4.69) is 10.6 Å². The number of hydrogen-bond donors (Lipinski definition) is 2. The highest BCUT2D eigenvalue weighted by Gasteiger charge is 2.17. The summed E-state index contributed by atoms with van der Waals surface area (Å²) in [5.74, 6) is 0.153. The van der Waals surface area contributed by atoms with Crippen molar-refractivity contribution in [3.05, 3.63) is 0 Å². The standard InChI is InChI=1S/C7H14N2O.C2H6/c1-8-6-4-2-3-5-9-7(6)10;1-2/h6,8H,2-5H2,1H3,(H,9,10);1-2H3/t6-;/m1./s1. The van der Waals surface area contributed by atoms with Gasteiger partial charge in [0, 0.05) is 6.54 Å². The molecule has 0 spiro atoms. The van der Waals surface area contributed by atoms with Crippen LogP contribution in [0.25, 0.3) is 0 Å². The minimum atomic E-state index is 0.0440. The molecule has 0 unspecified atom stereocenters. The SMILES string of the molecule is CC.CN[C@@H]1CCCCNC1=O. The molecule has 1 amide bonds. The smallest absolute Gasteiger partial charge is 0.237 e. The lowest BCUT2D eigenvalue weighted by atomic mass is 10.1. The molecule has 1 aliphatic heterocycles. The van der Waals surface area contributed by atoms with Crippen molar-refractivity contribution in [2.45, 2.75) is 39.2 Å². The molecular formula is C9H20N2O. The Morgan fingerprint density at radius 3 is 2.67 bits per heavy atom. The Kier molecular flexibility index (Phi) is 6.76. The fourth-order valence-electron chi connectivity index (χ4n) is 1.21. The molecule has 72 valence electrons. The van der Waals surface area contributed by atoms with Crippen LogP contribution in [0.2, 0.25) is 0 Å². The van der Waals surface area contributed by atoms with Crippen molar-refractivity contribution in [2.24, 2.45) is 0 Å². The molecule has 0 aromatic rings. The molecule has 2 N–H and O–H groups in total. The van der Waals surface area contributed by atoms with Gasteiger partial charge in [0.25, 0.3) is 0 Å². The Balaban J connectivity index is 0.000000561. The van der Waals surface area contributed by atoms with Gasteiger partial charge in [-0.05, 0) is 26.3 Å². The third-order valence-electron chi connectivity index (χ3n) is 1.88. The first kappa shape index (κ1) is 11.4. The molecule has 12 heavy (non-hydrogen) atoms. The molecular weight excluding hydrogens is 152 g/mol. The van der Waals surface area contributed by atoms with E-state index in [0.717, 1.165) is 25.8 Å². The van der Waals surface area contributed by atoms with E-state index in [1.807, 2.05) is 20.9 Å². The molecule has 0 aliphatic carbocycles. The number of amides is 1. The van der Waals surface area contributed by atoms with E-state index in [9.17, 15) is 4.79 Å². The van der Waals surface area contributed by atoms with Crippen molar-refractivity contribution in [2.75, 3.05) is 13.6 Å². The van der Waals surface area contributed by atoms with Gasteiger partial charge in [0.05, 0.1) is 6.04 Å². The van der Waals surface area contributed by atoms with E-state index in [4.69, 9.17) is 0 Å². The minimum absolute atomic E-state index is 0.0440. The Bertz CT molecular complexity index is 126. The lowest BCUT2D eigenvalue weighted by Gasteiger charge is -2.10. The zero-order valence-electron chi connectivity index (χ0n) is 8.31. The number of nitrogens with one attached hydrogen (secondary N) is 2. The Labute approximate surface area is 74.9 Å². The van der Waals surface area contributed by atoms with Gasteiger partial charge >= 0.3 is 0 Å². The van der Waals surface area contributed by atoms with Gasteiger partial charge in [-0.3, -0.25) is 4.79 Å². The summed E-state index contributed by atoms with van der Waals surface area (Å²) < 4.78 is 0. The second kappa shape index (κ2) is 7.10. The highest BCUT2D eigenvalue weighted by Crippen LogP contribution is 2.03. The van der Waals surface area contributed by atoms with Crippen LogP contribution in [0, 0.1) is 0 Å². The lowest BCUT2D eigenvalue weighted by molar-refractivity contribution is -0.122. The van der Waals surface area contributed by atoms with Crippen LogP contribution in [0.3, 0.4) is 0 Å². The average molecular weight is 172 g/mol. The number of rotatable bonds is 1. The largest absolute Gasteiger partial charge is 0.355 e. The zero-order valence-corrected chi connectivity index (χ0v) is 8.31. The normalized spacial score (nSPS) is 23.2. The first-order chi connectivity index (χ1) is 5.84. The monoisotopic (exact) mass is 172 g/mol. The predicted molar refractivity (Wildman–Crippen MR) is 51.1 cm³/mol. The second-order valence-electron chi connectivity index (χ2n) is 2.63. The topological polar surface area (TPSA) is 41.1 Å². The van der Waals surface area contributed by atoms with Crippen LogP contribution in [0.1, 0.15) is 33.1 Å². The Morgan fingerprint density at radius 1 is 1.42 bits per heavy atom. The summed E-state index contributed by atoms with van der Waals surface area (Å²) in [6.07, 6.45) is 3.23. The second-order valence-corrected chi connectivity index (χ2v) is 2.63. The van der Waals surface area contributed by atoms with E-state index in [-0.39, 0.29) is 11.9 Å². The maximum atomic E-state index is 11.1. The summed E-state index contributed by atoms with van der Waals surface area (Å²) in [7, 11) is 1.83. The van der Waals surface area contributed by atoms with Crippen molar-refractivity contribution < 1.29 is 4.79 Å². The van der Waals surface area contributed by atoms with Crippen molar-refractivity contribution >= 4 is 5.91 Å². The fraction of sp³-hybridized carbons (Fsp3) is 0.889. The van der Waals surface area contributed by atoms with Crippen LogP contribution < -0.4 is 10.6 Å². The summed E-state index contributed by atoms with van der Waals surface area (Å²) in [5.41, 5.74) is 0. The molecule has 3 heteroatoms. The van der Waals surface area contributed by atoms with Gasteiger partial charge in [-0.25, -0.2) is 0 Å². The molecule has 1 rings (SSSR count). The fourth-order valence-corrected chi connectivity index (χ4v) is 1.21. The van der Waals surface area contributed by atoms with Crippen molar-refractivity contribution in [3.8, 4) is 0 Å². The Hall–Kier alpha value is -0.570. The molecule has 1 aliphatic rings. The van der Waals surface area contributed by atoms with E-state index in [0.29, 0.717) is 0 Å².